The minimum Gasteiger partial charge on any atom is -0.321 e. The second kappa shape index (κ2) is 13.3. The van der Waals surface area contributed by atoms with Gasteiger partial charge in [0, 0.05) is 31.8 Å². The van der Waals surface area contributed by atoms with Gasteiger partial charge in [0.15, 0.2) is 5.78 Å². The van der Waals surface area contributed by atoms with Crippen molar-refractivity contribution in [2.75, 3.05) is 11.1 Å². The molecule has 8 heteroatoms. The number of hydrogen-bond acceptors (Lipinski definition) is 4. The zero-order chi connectivity index (χ0) is 27.8. The third-order valence-electron chi connectivity index (χ3n) is 5.63. The molecule has 2 amide bonds. The van der Waals surface area contributed by atoms with Crippen LogP contribution >= 0.6 is 35.0 Å². The summed E-state index contributed by atoms with van der Waals surface area (Å²) in [6.07, 6.45) is 1.49. The van der Waals surface area contributed by atoms with Gasteiger partial charge in [0.05, 0.1) is 5.75 Å². The fourth-order valence-electron chi connectivity index (χ4n) is 3.55. The molecule has 4 rings (SSSR count). The number of thioether (sulfide) groups is 1. The first kappa shape index (κ1) is 28.2. The highest BCUT2D eigenvalue weighted by Crippen LogP contribution is 2.25. The van der Waals surface area contributed by atoms with Crippen molar-refractivity contribution < 1.29 is 14.4 Å². The molecule has 5 nitrogen and oxygen atoms in total. The van der Waals surface area contributed by atoms with E-state index < -0.39 is 11.8 Å². The summed E-state index contributed by atoms with van der Waals surface area (Å²) in [6, 6.07) is 28.1. The van der Waals surface area contributed by atoms with Crippen LogP contribution in [0.5, 0.6) is 0 Å². The second-order valence-electron chi connectivity index (χ2n) is 8.60. The molecule has 4 aromatic rings. The molecule has 0 aliphatic heterocycles. The van der Waals surface area contributed by atoms with Crippen molar-refractivity contribution in [3.63, 3.8) is 0 Å². The van der Waals surface area contributed by atoms with Crippen LogP contribution in [0.1, 0.15) is 31.8 Å². The van der Waals surface area contributed by atoms with Gasteiger partial charge in [-0.1, -0.05) is 83.4 Å². The number of benzene rings is 4. The van der Waals surface area contributed by atoms with Gasteiger partial charge in [-0.3, -0.25) is 14.4 Å². The van der Waals surface area contributed by atoms with Crippen molar-refractivity contribution in [3.05, 3.63) is 135 Å². The molecule has 0 heterocycles. The summed E-state index contributed by atoms with van der Waals surface area (Å²) < 4.78 is 0. The van der Waals surface area contributed by atoms with Crippen LogP contribution in [0, 0.1) is 6.92 Å². The number of ketones is 1. The van der Waals surface area contributed by atoms with Crippen molar-refractivity contribution in [1.29, 1.82) is 0 Å². The summed E-state index contributed by atoms with van der Waals surface area (Å²) in [4.78, 5) is 39.6. The third-order valence-corrected chi connectivity index (χ3v) is 7.18. The van der Waals surface area contributed by atoms with Gasteiger partial charge in [0.25, 0.3) is 11.8 Å². The minimum absolute atomic E-state index is 0.000630. The lowest BCUT2D eigenvalue weighted by Gasteiger charge is -2.12. The van der Waals surface area contributed by atoms with Crippen molar-refractivity contribution in [3.8, 4) is 0 Å². The van der Waals surface area contributed by atoms with Gasteiger partial charge in [0.1, 0.15) is 5.70 Å². The number of nitrogens with one attached hydrogen (secondary N) is 2. The van der Waals surface area contributed by atoms with Crippen LogP contribution in [0.15, 0.2) is 108 Å². The van der Waals surface area contributed by atoms with Crippen LogP contribution in [0.25, 0.3) is 6.08 Å². The lowest BCUT2D eigenvalue weighted by Crippen LogP contribution is -2.30. The molecule has 0 saturated heterocycles. The average Bonchev–Trinajstić information content (AvgIpc) is 2.93. The lowest BCUT2D eigenvalue weighted by molar-refractivity contribution is -0.113. The van der Waals surface area contributed by atoms with Crippen molar-refractivity contribution in [1.82, 2.24) is 5.32 Å². The maximum atomic E-state index is 13.3. The summed E-state index contributed by atoms with van der Waals surface area (Å²) in [5, 5.41) is 6.30. The van der Waals surface area contributed by atoms with Crippen LogP contribution in [-0.2, 0) is 4.79 Å². The van der Waals surface area contributed by atoms with Gasteiger partial charge < -0.3 is 10.6 Å². The molecule has 0 aliphatic carbocycles. The molecule has 0 aliphatic rings. The second-order valence-corrected chi connectivity index (χ2v) is 10.5. The smallest absolute Gasteiger partial charge is 0.272 e. The van der Waals surface area contributed by atoms with Crippen LogP contribution in [-0.4, -0.2) is 23.4 Å². The highest BCUT2D eigenvalue weighted by Gasteiger charge is 2.16. The van der Waals surface area contributed by atoms with E-state index in [1.165, 1.54) is 17.8 Å². The molecule has 0 aromatic heterocycles. The Hall–Kier alpha value is -3.84. The highest BCUT2D eigenvalue weighted by atomic mass is 35.5. The van der Waals surface area contributed by atoms with Gasteiger partial charge in [-0.25, -0.2) is 0 Å². The third kappa shape index (κ3) is 8.07. The molecule has 0 fully saturated rings. The molecule has 0 atom stereocenters. The largest absolute Gasteiger partial charge is 0.321 e. The highest BCUT2D eigenvalue weighted by molar-refractivity contribution is 8.00. The summed E-state index contributed by atoms with van der Waals surface area (Å²) in [5.74, 6) is -0.708. The molecule has 39 heavy (non-hydrogen) atoms. The Morgan fingerprint density at radius 1 is 0.821 bits per heavy atom. The lowest BCUT2D eigenvalue weighted by atomic mass is 10.1. The van der Waals surface area contributed by atoms with E-state index in [2.05, 4.69) is 10.6 Å². The van der Waals surface area contributed by atoms with E-state index in [1.807, 2.05) is 37.3 Å². The number of halogens is 2. The first-order chi connectivity index (χ1) is 18.8. The van der Waals surface area contributed by atoms with Crippen molar-refractivity contribution >= 4 is 64.3 Å². The number of carbonyl (C=O) groups is 3. The maximum Gasteiger partial charge on any atom is 0.272 e. The molecular formula is C31H24Cl2N2O3S. The van der Waals surface area contributed by atoms with Gasteiger partial charge >= 0.3 is 0 Å². The van der Waals surface area contributed by atoms with Crippen LogP contribution in [0.3, 0.4) is 0 Å². The zero-order valence-corrected chi connectivity index (χ0v) is 23.2. The molecule has 0 spiro atoms. The van der Waals surface area contributed by atoms with Crippen molar-refractivity contribution in [2.24, 2.45) is 0 Å². The minimum atomic E-state index is -0.539. The average molecular weight is 576 g/mol. The maximum absolute atomic E-state index is 13.3. The fraction of sp³-hybridized carbons (Fsp3) is 0.0645. The molecule has 4 aromatic carbocycles. The summed E-state index contributed by atoms with van der Waals surface area (Å²) in [7, 11) is 0. The summed E-state index contributed by atoms with van der Waals surface area (Å²) >= 11 is 13.7. The molecule has 0 unspecified atom stereocenters. The number of anilines is 1. The number of amides is 2. The first-order valence-electron chi connectivity index (χ1n) is 12.0. The SMILES string of the molecule is Cc1ccc(C(=O)CSc2cccc(NC(=O)/C(=C/c3ccc(Cl)cc3Cl)NC(=O)c3ccccc3)c2)cc1. The molecular weight excluding hydrogens is 551 g/mol. The van der Waals surface area contributed by atoms with E-state index in [4.69, 9.17) is 23.2 Å². The molecule has 2 N–H and O–H groups in total. The van der Waals surface area contributed by atoms with Crippen LogP contribution < -0.4 is 10.6 Å². The van der Waals surface area contributed by atoms with Gasteiger partial charge in [-0.05, 0) is 61.0 Å². The van der Waals surface area contributed by atoms with Gasteiger partial charge in [-0.2, -0.15) is 0 Å². The quantitative estimate of drug-likeness (QED) is 0.122. The summed E-state index contributed by atoms with van der Waals surface area (Å²) in [6.45, 7) is 1.97. The molecule has 0 bridgehead atoms. The Labute approximate surface area is 241 Å². The Bertz CT molecular complexity index is 1540. The first-order valence-corrected chi connectivity index (χ1v) is 13.7. The molecule has 0 saturated carbocycles. The van der Waals surface area contributed by atoms with E-state index in [9.17, 15) is 14.4 Å². The van der Waals surface area contributed by atoms with Gasteiger partial charge in [0.2, 0.25) is 0 Å². The number of carbonyl (C=O) groups excluding carboxylic acids is 3. The Morgan fingerprint density at radius 2 is 1.56 bits per heavy atom. The van der Waals surface area contributed by atoms with E-state index >= 15 is 0 Å². The summed E-state index contributed by atoms with van der Waals surface area (Å²) in [5.41, 5.74) is 3.17. The molecule has 196 valence electrons. The van der Waals surface area contributed by atoms with Crippen LogP contribution in [0.2, 0.25) is 10.0 Å². The Balaban J connectivity index is 1.51. The Morgan fingerprint density at radius 3 is 2.28 bits per heavy atom. The topological polar surface area (TPSA) is 75.3 Å². The number of hydrogen-bond donors (Lipinski definition) is 2. The van der Waals surface area contributed by atoms with Crippen LogP contribution in [0.4, 0.5) is 5.69 Å². The fourth-order valence-corrected chi connectivity index (χ4v) is 4.86. The number of Topliss-reactive ketones (excluding diaryl/α,β-unsaturated/α-hetero) is 1. The molecule has 0 radical (unpaired) electrons. The standard InChI is InChI=1S/C31H24Cl2N2O3S/c1-20-10-12-21(13-11-20)29(36)19-39-26-9-5-8-25(18-26)34-31(38)28(16-23-14-15-24(32)17-27(23)33)35-30(37)22-6-3-2-4-7-22/h2-18H,19H2,1H3,(H,34,38)(H,35,37)/b28-16-. The zero-order valence-electron chi connectivity index (χ0n) is 20.9. The van der Waals surface area contributed by atoms with E-state index in [0.717, 1.165) is 10.5 Å². The van der Waals surface area contributed by atoms with Crippen molar-refractivity contribution in [2.45, 2.75) is 11.8 Å². The van der Waals surface area contributed by atoms with Gasteiger partial charge in [-0.15, -0.1) is 11.8 Å². The predicted octanol–water partition coefficient (Wildman–Crippen LogP) is 7.69. The van der Waals surface area contributed by atoms with E-state index in [0.29, 0.717) is 32.4 Å². The normalized spacial score (nSPS) is 11.1. The van der Waals surface area contributed by atoms with E-state index in [-0.39, 0.29) is 17.2 Å². The monoisotopic (exact) mass is 574 g/mol. The number of aryl methyl sites for hydroxylation is 1. The predicted molar refractivity (Wildman–Crippen MR) is 160 cm³/mol. The van der Waals surface area contributed by atoms with E-state index in [1.54, 1.807) is 66.7 Å². The Kier molecular flexibility index (Phi) is 9.60. The number of rotatable bonds is 9.